The van der Waals surface area contributed by atoms with Crippen molar-refractivity contribution in [2.45, 2.75) is 45.4 Å². The Morgan fingerprint density at radius 1 is 1.32 bits per heavy atom. The van der Waals surface area contributed by atoms with E-state index in [0.29, 0.717) is 18.7 Å². The van der Waals surface area contributed by atoms with Crippen molar-refractivity contribution in [1.82, 2.24) is 20.5 Å². The molecule has 8 heteroatoms. The number of anilines is 1. The molecule has 2 rings (SSSR count). The topological polar surface area (TPSA) is 65.0 Å². The predicted molar refractivity (Wildman–Crippen MR) is 128 cm³/mol. The van der Waals surface area contributed by atoms with Crippen molar-refractivity contribution in [2.75, 3.05) is 52.3 Å². The molecule has 7 nitrogen and oxygen atoms in total. The first-order valence-corrected chi connectivity index (χ1v) is 9.92. The van der Waals surface area contributed by atoms with Crippen molar-refractivity contribution in [3.63, 3.8) is 0 Å². The van der Waals surface area contributed by atoms with Gasteiger partial charge in [-0.05, 0) is 38.8 Å². The molecule has 1 saturated heterocycles. The van der Waals surface area contributed by atoms with Crippen molar-refractivity contribution in [2.24, 2.45) is 4.99 Å². The lowest BCUT2D eigenvalue weighted by Crippen LogP contribution is -2.49. The van der Waals surface area contributed by atoms with Gasteiger partial charge in [-0.25, -0.2) is 4.98 Å². The molecule has 0 spiro atoms. The van der Waals surface area contributed by atoms with Crippen molar-refractivity contribution in [3.8, 4) is 0 Å². The van der Waals surface area contributed by atoms with Crippen molar-refractivity contribution < 1.29 is 4.74 Å². The Morgan fingerprint density at radius 3 is 2.64 bits per heavy atom. The lowest BCUT2D eigenvalue weighted by Gasteiger charge is -2.33. The summed E-state index contributed by atoms with van der Waals surface area (Å²) in [7, 11) is 5.82. The Kier molecular flexibility index (Phi) is 11.7. The second-order valence-corrected chi connectivity index (χ2v) is 7.49. The van der Waals surface area contributed by atoms with Crippen LogP contribution in [0.1, 0.15) is 32.4 Å². The average Bonchev–Trinajstić information content (AvgIpc) is 2.66. The summed E-state index contributed by atoms with van der Waals surface area (Å²) in [5.74, 6) is 1.81. The maximum absolute atomic E-state index is 5.66. The van der Waals surface area contributed by atoms with Crippen LogP contribution < -0.4 is 15.5 Å². The number of ether oxygens (including phenoxy) is 1. The van der Waals surface area contributed by atoms with Crippen LogP contribution in [0.15, 0.2) is 23.2 Å². The van der Waals surface area contributed by atoms with Gasteiger partial charge in [-0.2, -0.15) is 0 Å². The van der Waals surface area contributed by atoms with Crippen LogP contribution in [-0.2, 0) is 11.3 Å². The van der Waals surface area contributed by atoms with Crippen LogP contribution in [0.5, 0.6) is 0 Å². The van der Waals surface area contributed by atoms with Crippen LogP contribution in [0.2, 0.25) is 0 Å². The highest BCUT2D eigenvalue weighted by Crippen LogP contribution is 2.10. The van der Waals surface area contributed by atoms with Gasteiger partial charge in [-0.1, -0.05) is 6.07 Å². The number of piperidine rings is 1. The number of halogens is 1. The van der Waals surface area contributed by atoms with Crippen LogP contribution in [0.25, 0.3) is 0 Å². The van der Waals surface area contributed by atoms with Gasteiger partial charge in [0, 0.05) is 46.8 Å². The molecule has 1 fully saturated rings. The Labute approximate surface area is 187 Å². The minimum Gasteiger partial charge on any atom is -0.377 e. The first-order chi connectivity index (χ1) is 13.0. The highest BCUT2D eigenvalue weighted by Gasteiger charge is 2.19. The van der Waals surface area contributed by atoms with Gasteiger partial charge in [0.05, 0.1) is 24.9 Å². The zero-order valence-electron chi connectivity index (χ0n) is 17.9. The van der Waals surface area contributed by atoms with Gasteiger partial charge in [0.25, 0.3) is 0 Å². The normalized spacial score (nSPS) is 16.0. The van der Waals surface area contributed by atoms with Gasteiger partial charge in [-0.3, -0.25) is 4.99 Å². The van der Waals surface area contributed by atoms with Crippen LogP contribution in [0.3, 0.4) is 0 Å². The largest absolute Gasteiger partial charge is 0.377 e. The summed E-state index contributed by atoms with van der Waals surface area (Å²) in [6.07, 6.45) is 2.56. The molecule has 2 N–H and O–H groups in total. The standard InChI is InChI=1S/C20H36N6O.HI/c1-16(2)27-14-13-26-11-9-17(10-12-26)24-20(21-3)22-15-18-7-6-8-19(23-18)25(4)5;/h6-8,16-17H,9-15H2,1-5H3,(H2,21,22,24);1H. The number of nitrogens with zero attached hydrogens (tertiary/aromatic N) is 4. The van der Waals surface area contributed by atoms with Crippen LogP contribution in [0, 0.1) is 0 Å². The van der Waals surface area contributed by atoms with Crippen LogP contribution in [0.4, 0.5) is 5.82 Å². The molecule has 28 heavy (non-hydrogen) atoms. The number of rotatable bonds is 8. The summed E-state index contributed by atoms with van der Waals surface area (Å²) in [4.78, 5) is 13.5. The Morgan fingerprint density at radius 2 is 2.04 bits per heavy atom. The van der Waals surface area contributed by atoms with E-state index in [4.69, 9.17) is 4.74 Å². The molecule has 0 bridgehead atoms. The van der Waals surface area contributed by atoms with E-state index in [1.165, 1.54) is 0 Å². The van der Waals surface area contributed by atoms with Crippen molar-refractivity contribution >= 4 is 35.8 Å². The first-order valence-electron chi connectivity index (χ1n) is 9.92. The Bertz CT molecular complexity index is 588. The molecule has 0 unspecified atom stereocenters. The minimum atomic E-state index is 0. The first kappa shape index (κ1) is 24.9. The molecule has 1 aliphatic heterocycles. The van der Waals surface area contributed by atoms with E-state index < -0.39 is 0 Å². The maximum atomic E-state index is 5.66. The van der Waals surface area contributed by atoms with Gasteiger partial charge >= 0.3 is 0 Å². The zero-order chi connectivity index (χ0) is 19.6. The van der Waals surface area contributed by atoms with Gasteiger partial charge in [0.1, 0.15) is 5.82 Å². The van der Waals surface area contributed by atoms with Crippen molar-refractivity contribution in [1.29, 1.82) is 0 Å². The van der Waals surface area contributed by atoms with Crippen molar-refractivity contribution in [3.05, 3.63) is 23.9 Å². The number of likely N-dealkylation sites (tertiary alicyclic amines) is 1. The molecule has 0 aliphatic carbocycles. The molecule has 0 atom stereocenters. The second-order valence-electron chi connectivity index (χ2n) is 7.49. The molecule has 1 aromatic heterocycles. The third-order valence-electron chi connectivity index (χ3n) is 4.70. The number of nitrogens with one attached hydrogen (secondary N) is 2. The monoisotopic (exact) mass is 504 g/mol. The molecule has 1 aromatic rings. The third kappa shape index (κ3) is 8.91. The Hall–Kier alpha value is -1.13. The summed E-state index contributed by atoms with van der Waals surface area (Å²) in [5.41, 5.74) is 1.00. The zero-order valence-corrected chi connectivity index (χ0v) is 20.3. The molecular formula is C20H37IN6O. The molecule has 160 valence electrons. The van der Waals surface area contributed by atoms with Crippen LogP contribution in [-0.4, -0.2) is 75.4 Å². The molecule has 0 radical (unpaired) electrons. The average molecular weight is 504 g/mol. The summed E-state index contributed by atoms with van der Waals surface area (Å²) in [6.45, 7) is 8.86. The highest BCUT2D eigenvalue weighted by atomic mass is 127. The molecule has 1 aliphatic rings. The lowest BCUT2D eigenvalue weighted by atomic mass is 10.1. The smallest absolute Gasteiger partial charge is 0.191 e. The second kappa shape index (κ2) is 13.2. The summed E-state index contributed by atoms with van der Waals surface area (Å²) in [6, 6.07) is 6.54. The van der Waals surface area contributed by atoms with E-state index in [2.05, 4.69) is 39.4 Å². The third-order valence-corrected chi connectivity index (χ3v) is 4.70. The fourth-order valence-electron chi connectivity index (χ4n) is 3.10. The number of guanidine groups is 1. The SMILES string of the molecule is CN=C(NCc1cccc(N(C)C)n1)NC1CCN(CCOC(C)C)CC1.I. The van der Waals surface area contributed by atoms with Gasteiger partial charge < -0.3 is 25.2 Å². The van der Waals surface area contributed by atoms with E-state index in [1.807, 2.05) is 44.2 Å². The summed E-state index contributed by atoms with van der Waals surface area (Å²) < 4.78 is 5.66. The minimum absolute atomic E-state index is 0. The maximum Gasteiger partial charge on any atom is 0.191 e. The quantitative estimate of drug-likeness (QED) is 0.322. The van der Waals surface area contributed by atoms with E-state index in [0.717, 1.165) is 56.6 Å². The fourth-order valence-corrected chi connectivity index (χ4v) is 3.10. The van der Waals surface area contributed by atoms with E-state index in [1.54, 1.807) is 0 Å². The number of aliphatic imine (C=N–C) groups is 1. The molecule has 0 aromatic carbocycles. The lowest BCUT2D eigenvalue weighted by molar-refractivity contribution is 0.0532. The van der Waals surface area contributed by atoms with Gasteiger partial charge in [0.2, 0.25) is 0 Å². The fraction of sp³-hybridized carbons (Fsp3) is 0.700. The van der Waals surface area contributed by atoms with E-state index in [9.17, 15) is 0 Å². The molecule has 0 amide bonds. The number of aromatic nitrogens is 1. The number of hydrogen-bond acceptors (Lipinski definition) is 5. The van der Waals surface area contributed by atoms with E-state index >= 15 is 0 Å². The van der Waals surface area contributed by atoms with E-state index in [-0.39, 0.29) is 24.0 Å². The van der Waals surface area contributed by atoms with Gasteiger partial charge in [0.15, 0.2) is 5.96 Å². The number of hydrogen-bond donors (Lipinski definition) is 2. The molecular weight excluding hydrogens is 467 g/mol. The highest BCUT2D eigenvalue weighted by molar-refractivity contribution is 14.0. The number of pyridine rings is 1. The summed E-state index contributed by atoms with van der Waals surface area (Å²) in [5, 5.41) is 6.93. The summed E-state index contributed by atoms with van der Waals surface area (Å²) >= 11 is 0. The molecule has 0 saturated carbocycles. The Balaban J connectivity index is 0.00000392. The predicted octanol–water partition coefficient (Wildman–Crippen LogP) is 2.32. The van der Waals surface area contributed by atoms with Gasteiger partial charge in [-0.15, -0.1) is 24.0 Å². The molecule has 2 heterocycles. The van der Waals surface area contributed by atoms with Crippen LogP contribution >= 0.6 is 24.0 Å².